The maximum absolute atomic E-state index is 13.3. The Kier molecular flexibility index (Phi) is 7.97. The lowest BCUT2D eigenvalue weighted by Crippen LogP contribution is -2.59. The molecule has 40 heavy (non-hydrogen) atoms. The van der Waals surface area contributed by atoms with Crippen LogP contribution in [0.1, 0.15) is 31.2 Å². The van der Waals surface area contributed by atoms with Gasteiger partial charge in [0.25, 0.3) is 0 Å². The molecule has 1 aliphatic carbocycles. The minimum atomic E-state index is -4.41. The molecule has 216 valence electrons. The highest BCUT2D eigenvalue weighted by atomic mass is 32.2. The van der Waals surface area contributed by atoms with Crippen molar-refractivity contribution in [1.29, 1.82) is 0 Å². The number of benzene rings is 2. The highest BCUT2D eigenvalue weighted by Crippen LogP contribution is 2.31. The number of nitrogens with one attached hydrogen (secondary N) is 2. The second kappa shape index (κ2) is 11.2. The van der Waals surface area contributed by atoms with E-state index in [0.29, 0.717) is 25.7 Å². The Balaban J connectivity index is 1.23. The monoisotopic (exact) mass is 578 g/mol. The van der Waals surface area contributed by atoms with E-state index in [4.69, 9.17) is 0 Å². The van der Waals surface area contributed by atoms with Crippen molar-refractivity contribution >= 4 is 26.8 Å². The number of nitrogens with zero attached hydrogens (tertiary/aromatic N) is 2. The van der Waals surface area contributed by atoms with Gasteiger partial charge in [0, 0.05) is 55.2 Å². The zero-order chi connectivity index (χ0) is 28.7. The third kappa shape index (κ3) is 5.90. The molecular formula is C28H33F3N4O4S. The summed E-state index contributed by atoms with van der Waals surface area (Å²) in [4.78, 5) is 14.3. The van der Waals surface area contributed by atoms with Crippen molar-refractivity contribution in [3.05, 3.63) is 54.1 Å². The third-order valence-corrected chi connectivity index (χ3v) is 9.56. The summed E-state index contributed by atoms with van der Waals surface area (Å²) in [5.74, 6) is -0.689. The number of aliphatic hydroxyl groups is 1. The van der Waals surface area contributed by atoms with Crippen LogP contribution in [-0.4, -0.2) is 66.8 Å². The molecule has 0 bridgehead atoms. The average Bonchev–Trinajstić information content (AvgIpc) is 3.28. The van der Waals surface area contributed by atoms with E-state index >= 15 is 0 Å². The molecule has 2 aromatic carbocycles. The number of aryl methyl sites for hydroxylation is 1. The maximum atomic E-state index is 13.3. The second-order valence-electron chi connectivity index (χ2n) is 10.7. The van der Waals surface area contributed by atoms with Gasteiger partial charge in [-0.3, -0.25) is 4.79 Å². The van der Waals surface area contributed by atoms with Crippen molar-refractivity contribution in [3.8, 4) is 11.3 Å². The van der Waals surface area contributed by atoms with E-state index in [1.165, 1.54) is 4.90 Å². The summed E-state index contributed by atoms with van der Waals surface area (Å²) < 4.78 is 70.5. The smallest absolute Gasteiger partial charge is 0.392 e. The number of amides is 1. The van der Waals surface area contributed by atoms with E-state index in [2.05, 4.69) is 10.0 Å². The minimum absolute atomic E-state index is 0.0416. The Morgan fingerprint density at radius 3 is 2.42 bits per heavy atom. The molecule has 3 aromatic rings. The highest BCUT2D eigenvalue weighted by Gasteiger charge is 2.43. The number of carbonyl (C=O) groups excluding carboxylic acids is 1. The van der Waals surface area contributed by atoms with E-state index < -0.39 is 34.7 Å². The van der Waals surface area contributed by atoms with Gasteiger partial charge in [0.2, 0.25) is 15.9 Å². The molecule has 8 nitrogen and oxygen atoms in total. The first-order valence-electron chi connectivity index (χ1n) is 13.4. The number of carbonyl (C=O) groups is 1. The molecule has 2 heterocycles. The van der Waals surface area contributed by atoms with Gasteiger partial charge in [-0.25, -0.2) is 13.1 Å². The third-order valence-electron chi connectivity index (χ3n) is 8.04. The molecule has 0 radical (unpaired) electrons. The number of halogens is 3. The van der Waals surface area contributed by atoms with Gasteiger partial charge in [-0.2, -0.15) is 13.2 Å². The number of piperazine rings is 1. The van der Waals surface area contributed by atoms with E-state index in [9.17, 15) is 31.5 Å². The summed E-state index contributed by atoms with van der Waals surface area (Å²) in [6.07, 6.45) is -2.70. The molecule has 1 atom stereocenters. The first-order chi connectivity index (χ1) is 19.0. The quantitative estimate of drug-likeness (QED) is 0.415. The van der Waals surface area contributed by atoms with Gasteiger partial charge in [0.15, 0.2) is 0 Å². The molecule has 1 aliphatic heterocycles. The lowest BCUT2D eigenvalue weighted by Gasteiger charge is -2.38. The van der Waals surface area contributed by atoms with Crippen LogP contribution in [0.5, 0.6) is 0 Å². The van der Waals surface area contributed by atoms with Gasteiger partial charge in [-0.05, 0) is 55.0 Å². The summed E-state index contributed by atoms with van der Waals surface area (Å²) in [6, 6.07) is 12.4. The Labute approximate surface area is 231 Å². The zero-order valence-corrected chi connectivity index (χ0v) is 22.9. The van der Waals surface area contributed by atoms with Crippen LogP contribution in [0.25, 0.3) is 22.2 Å². The van der Waals surface area contributed by atoms with Gasteiger partial charge in [0.05, 0.1) is 11.5 Å². The fourth-order valence-electron chi connectivity index (χ4n) is 5.71. The van der Waals surface area contributed by atoms with Crippen LogP contribution >= 0.6 is 0 Å². The Morgan fingerprint density at radius 1 is 1.07 bits per heavy atom. The minimum Gasteiger partial charge on any atom is -0.392 e. The predicted octanol–water partition coefficient (Wildman–Crippen LogP) is 3.54. The van der Waals surface area contributed by atoms with E-state index in [1.54, 1.807) is 18.2 Å². The molecular weight excluding hydrogens is 545 g/mol. The molecule has 2 aliphatic rings. The largest absolute Gasteiger partial charge is 0.405 e. The van der Waals surface area contributed by atoms with Crippen LogP contribution in [0.4, 0.5) is 13.2 Å². The van der Waals surface area contributed by atoms with Crippen molar-refractivity contribution in [1.82, 2.24) is 19.5 Å². The number of rotatable bonds is 6. The SMILES string of the molecule is Cn1c(-c2ccc(CO)cc2)cc2ccc(S(=O)(=O)NC3CCC(C(=O)N4CCN[C@@H](C(F)(F)F)C4)CC3)cc21. The van der Waals surface area contributed by atoms with Crippen LogP contribution in [0.2, 0.25) is 0 Å². The zero-order valence-electron chi connectivity index (χ0n) is 22.1. The molecule has 1 saturated carbocycles. The fourth-order valence-corrected chi connectivity index (χ4v) is 7.03. The molecule has 12 heteroatoms. The van der Waals surface area contributed by atoms with Gasteiger partial charge in [0.1, 0.15) is 6.04 Å². The highest BCUT2D eigenvalue weighted by molar-refractivity contribution is 7.89. The summed E-state index contributed by atoms with van der Waals surface area (Å²) in [6.45, 7) is -0.115. The number of sulfonamides is 1. The Morgan fingerprint density at radius 2 is 1.77 bits per heavy atom. The van der Waals surface area contributed by atoms with Crippen molar-refractivity contribution in [2.75, 3.05) is 19.6 Å². The van der Waals surface area contributed by atoms with E-state index in [1.807, 2.05) is 41.9 Å². The lowest BCUT2D eigenvalue weighted by atomic mass is 9.85. The van der Waals surface area contributed by atoms with E-state index in [0.717, 1.165) is 27.7 Å². The maximum Gasteiger partial charge on any atom is 0.405 e. The standard InChI is InChI=1S/C28H33F3N4O4S/c1-34-24(19-4-2-18(17-36)3-5-19)14-21-8-11-23(15-25(21)34)40(38,39)33-22-9-6-20(7-10-22)27(37)35-13-12-32-26(16-35)28(29,30)31/h2-5,8,11,14-15,20,22,26,32-33,36H,6-7,9-10,12-13,16-17H2,1H3/t20?,22?,26-/m1/s1. The van der Waals surface area contributed by atoms with Gasteiger partial charge in [-0.1, -0.05) is 30.3 Å². The summed E-state index contributed by atoms with van der Waals surface area (Å²) >= 11 is 0. The summed E-state index contributed by atoms with van der Waals surface area (Å²) in [5, 5.41) is 12.6. The number of aliphatic hydroxyl groups excluding tert-OH is 1. The molecule has 3 N–H and O–H groups in total. The van der Waals surface area contributed by atoms with Crippen LogP contribution < -0.4 is 10.0 Å². The van der Waals surface area contributed by atoms with Crippen LogP contribution in [0.15, 0.2) is 53.4 Å². The van der Waals surface area contributed by atoms with Gasteiger partial charge in [-0.15, -0.1) is 0 Å². The molecule has 5 rings (SSSR count). The second-order valence-corrected chi connectivity index (χ2v) is 12.4. The first-order valence-corrected chi connectivity index (χ1v) is 14.9. The van der Waals surface area contributed by atoms with E-state index in [-0.39, 0.29) is 36.5 Å². The summed E-state index contributed by atoms with van der Waals surface area (Å²) in [5.41, 5.74) is 3.42. The van der Waals surface area contributed by atoms with Crippen LogP contribution in [0, 0.1) is 5.92 Å². The number of alkyl halides is 3. The molecule has 1 saturated heterocycles. The van der Waals surface area contributed by atoms with Crippen molar-refractivity contribution in [3.63, 3.8) is 0 Å². The predicted molar refractivity (Wildman–Crippen MR) is 145 cm³/mol. The average molecular weight is 579 g/mol. The molecule has 1 amide bonds. The normalized spacial score (nSPS) is 22.5. The van der Waals surface area contributed by atoms with Gasteiger partial charge >= 0.3 is 6.18 Å². The molecule has 2 fully saturated rings. The molecule has 0 spiro atoms. The van der Waals surface area contributed by atoms with Gasteiger partial charge < -0.3 is 19.9 Å². The molecule has 0 unspecified atom stereocenters. The lowest BCUT2D eigenvalue weighted by molar-refractivity contribution is -0.169. The topological polar surface area (TPSA) is 104 Å². The molecule has 1 aromatic heterocycles. The Bertz CT molecular complexity index is 1480. The van der Waals surface area contributed by atoms with Crippen LogP contribution in [-0.2, 0) is 28.5 Å². The number of aromatic nitrogens is 1. The van der Waals surface area contributed by atoms with Crippen LogP contribution in [0.3, 0.4) is 0 Å². The fraction of sp³-hybridized carbons (Fsp3) is 0.464. The number of hydrogen-bond donors (Lipinski definition) is 3. The van der Waals surface area contributed by atoms with Crippen molar-refractivity contribution in [2.45, 2.75) is 55.4 Å². The Hall–Kier alpha value is -2.93. The van der Waals surface area contributed by atoms with Crippen molar-refractivity contribution < 1.29 is 31.5 Å². The first kappa shape index (κ1) is 28.6. The number of fused-ring (bicyclic) bond motifs is 1. The number of hydrogen-bond acceptors (Lipinski definition) is 5. The van der Waals surface area contributed by atoms with Crippen molar-refractivity contribution in [2.24, 2.45) is 13.0 Å². The summed E-state index contributed by atoms with van der Waals surface area (Å²) in [7, 11) is -1.96.